The maximum Gasteiger partial charge on any atom is 0.269 e. The average Bonchev–Trinajstić information content (AvgIpc) is 0.849. The second kappa shape index (κ2) is 38.0. The first kappa shape index (κ1) is 77.4. The summed E-state index contributed by atoms with van der Waals surface area (Å²) in [5.74, 6) is 10.1. The van der Waals surface area contributed by atoms with E-state index in [9.17, 15) is 39.2 Å². The van der Waals surface area contributed by atoms with E-state index in [1.165, 1.54) is 38.7 Å². The van der Waals surface area contributed by atoms with E-state index in [1.54, 1.807) is 72.1 Å². The highest BCUT2D eigenvalue weighted by Crippen LogP contribution is 2.38. The van der Waals surface area contributed by atoms with Gasteiger partial charge in [-0.2, -0.15) is 45.8 Å². The zero-order chi connectivity index (χ0) is 71.3. The standard InChI is InChI=1S/C20H22N2OS.C19H19ClN2O3S.C19H22N2O2S2.C18H19ClN2O2S2/c1-15-9-16(2)11-19(10-15)23-20-4-3-17(13-21)12-18(20)14-22-5-7-24-8-6-22;1-14-8-17(20)11-18(9-14)25-19-3-2-15(12-21)10-16(19)13-22-4-6-26(23,24)7-5-22;1-14-9-15(2)11-18(10-14)25-19-4-3-17(21(22)23)12-16(19)13-20-5-7-24-8-6-20;1-13-8-15(19)11-17(9-13)25-18-3-2-16(21(22)23)10-14(18)12-20-4-6-24-7-5-20/h3-4,9-12H,5-8,14H2,1-2H3;2-3,8-11H,4-7,13H2,1H3;3-4,9-12H,5-8,13H2,1-2H3;2-3,8-11H,4-7,12H2,1H3. The number of thioether (sulfide) groups is 3. The van der Waals surface area contributed by atoms with Crippen LogP contribution in [0, 0.1) is 84.4 Å². The van der Waals surface area contributed by atoms with Crippen LogP contribution in [0.25, 0.3) is 0 Å². The number of nitriles is 2. The maximum absolute atomic E-state index is 11.6. The Labute approximate surface area is 619 Å². The number of nitro benzene ring substituents is 2. The lowest BCUT2D eigenvalue weighted by Crippen LogP contribution is -2.39. The molecular weight excluding hydrogens is 1420 g/mol. The molecule has 0 saturated carbocycles. The van der Waals surface area contributed by atoms with Gasteiger partial charge in [0.25, 0.3) is 11.4 Å². The molecule has 0 spiro atoms. The van der Waals surface area contributed by atoms with Crippen LogP contribution in [0.2, 0.25) is 10.0 Å². The van der Waals surface area contributed by atoms with Gasteiger partial charge < -0.3 is 9.47 Å². The Bertz CT molecular complexity index is 4160. The number of non-ortho nitro benzene ring substituents is 2. The number of hydrogen-bond donors (Lipinski definition) is 0. The van der Waals surface area contributed by atoms with Gasteiger partial charge in [0.2, 0.25) is 0 Å². The van der Waals surface area contributed by atoms with Crippen molar-refractivity contribution in [1.29, 1.82) is 10.5 Å². The Morgan fingerprint density at radius 1 is 0.440 bits per heavy atom. The van der Waals surface area contributed by atoms with Gasteiger partial charge in [-0.3, -0.25) is 39.8 Å². The number of nitro groups is 2. The summed E-state index contributed by atoms with van der Waals surface area (Å²) >= 11 is 21.5. The van der Waals surface area contributed by atoms with Crippen molar-refractivity contribution in [2.45, 2.75) is 87.3 Å². The van der Waals surface area contributed by atoms with Crippen molar-refractivity contribution in [3.8, 4) is 35.1 Å². The number of sulfone groups is 1. The monoisotopic (exact) mass is 1500 g/mol. The summed E-state index contributed by atoms with van der Waals surface area (Å²) in [4.78, 5) is 35.4. The Hall–Kier alpha value is -6.74. The Kier molecular flexibility index (Phi) is 29.4. The molecule has 4 aliphatic rings. The smallest absolute Gasteiger partial charge is 0.269 e. The number of halogens is 2. The zero-order valence-corrected chi connectivity index (χ0v) is 63.5. The number of hydrogen-bond acceptors (Lipinski definition) is 19. The molecule has 4 fully saturated rings. The van der Waals surface area contributed by atoms with E-state index < -0.39 is 9.84 Å². The molecule has 0 amide bonds. The van der Waals surface area contributed by atoms with Crippen molar-refractivity contribution < 1.29 is 27.7 Å². The minimum Gasteiger partial charge on any atom is -0.457 e. The molecule has 4 aliphatic heterocycles. The van der Waals surface area contributed by atoms with Crippen LogP contribution in [-0.4, -0.2) is 136 Å². The van der Waals surface area contributed by atoms with E-state index in [0.717, 1.165) is 141 Å². The molecule has 8 aromatic carbocycles. The maximum atomic E-state index is 11.6. The van der Waals surface area contributed by atoms with Gasteiger partial charge in [0.15, 0.2) is 9.84 Å². The van der Waals surface area contributed by atoms with Crippen LogP contribution >= 0.6 is 82.0 Å². The lowest BCUT2D eigenvalue weighted by molar-refractivity contribution is -0.385. The van der Waals surface area contributed by atoms with E-state index in [-0.39, 0.29) is 32.7 Å². The second-order valence-electron chi connectivity index (χ2n) is 25.0. The fraction of sp³-hybridized carbons (Fsp3) is 0.342. The van der Waals surface area contributed by atoms with Gasteiger partial charge in [0.1, 0.15) is 23.0 Å². The van der Waals surface area contributed by atoms with E-state index in [0.29, 0.717) is 52.3 Å². The van der Waals surface area contributed by atoms with Crippen LogP contribution in [-0.2, 0) is 36.0 Å². The number of aryl methyl sites for hydroxylation is 6. The fourth-order valence-corrected chi connectivity index (χ4v) is 18.8. The normalized spacial score (nSPS) is 15.6. The topological polar surface area (TPSA) is 199 Å². The highest BCUT2D eigenvalue weighted by Gasteiger charge is 2.24. The molecular formula is C76H82Cl2N8O8S6. The minimum absolute atomic E-state index is 0.146. The molecule has 8 aromatic rings. The van der Waals surface area contributed by atoms with Crippen molar-refractivity contribution in [1.82, 2.24) is 19.6 Å². The first-order chi connectivity index (χ1) is 48.0. The molecule has 524 valence electrons. The van der Waals surface area contributed by atoms with Crippen molar-refractivity contribution in [2.24, 2.45) is 0 Å². The summed E-state index contributed by atoms with van der Waals surface area (Å²) in [7, 11) is -2.93. The van der Waals surface area contributed by atoms with Crippen LogP contribution in [0.5, 0.6) is 23.0 Å². The predicted molar refractivity (Wildman–Crippen MR) is 413 cm³/mol. The van der Waals surface area contributed by atoms with Gasteiger partial charge in [0.05, 0.1) is 44.6 Å². The summed E-state index contributed by atoms with van der Waals surface area (Å²) in [6.45, 7) is 22.4. The SMILES string of the molecule is Cc1cc(C)cc(Oc2ccc(C#N)cc2CN2CCSCC2)c1.Cc1cc(C)cc(Sc2ccc([N+](=O)[O-])cc2CN2CCSCC2)c1.Cc1cc(Cl)cc(Oc2ccc(C#N)cc2CN2CCS(=O)(=O)CC2)c1.Cc1cc(Cl)cc(Sc2ccc([N+](=O)[O-])cc2CN2CCSCC2)c1. The van der Waals surface area contributed by atoms with Gasteiger partial charge in [0, 0.05) is 178 Å². The molecule has 0 bridgehead atoms. The number of rotatable bonds is 18. The van der Waals surface area contributed by atoms with Crippen LogP contribution in [0.15, 0.2) is 165 Å². The molecule has 0 aromatic heterocycles. The molecule has 0 unspecified atom stereocenters. The quantitative estimate of drug-likeness (QED) is 0.0579. The molecule has 12 rings (SSSR count). The molecule has 16 nitrogen and oxygen atoms in total. The number of ether oxygens (including phenoxy) is 2. The molecule has 4 heterocycles. The third kappa shape index (κ3) is 24.8. The molecule has 100 heavy (non-hydrogen) atoms. The van der Waals surface area contributed by atoms with Gasteiger partial charge in [-0.1, -0.05) is 58.9 Å². The molecule has 0 radical (unpaired) electrons. The van der Waals surface area contributed by atoms with E-state index >= 15 is 0 Å². The lowest BCUT2D eigenvalue weighted by atomic mass is 10.1. The molecule has 0 N–H and O–H groups in total. The van der Waals surface area contributed by atoms with E-state index in [1.807, 2.05) is 116 Å². The first-order valence-corrected chi connectivity index (χ1v) is 40.5. The molecule has 4 saturated heterocycles. The van der Waals surface area contributed by atoms with Crippen LogP contribution in [0.1, 0.15) is 66.8 Å². The number of benzene rings is 8. The Morgan fingerprint density at radius 2 is 0.780 bits per heavy atom. The van der Waals surface area contributed by atoms with Crippen LogP contribution in [0.3, 0.4) is 0 Å². The van der Waals surface area contributed by atoms with Gasteiger partial charge in [-0.15, -0.1) is 0 Å². The average molecular weight is 1500 g/mol. The summed E-state index contributed by atoms with van der Waals surface area (Å²) in [6.07, 6.45) is 0. The highest BCUT2D eigenvalue weighted by atomic mass is 35.5. The van der Waals surface area contributed by atoms with Gasteiger partial charge in [-0.05, 0) is 195 Å². The summed E-state index contributed by atoms with van der Waals surface area (Å²) < 4.78 is 35.4. The molecule has 0 atom stereocenters. The third-order valence-corrected chi connectivity index (χ3v) is 23.6. The predicted octanol–water partition coefficient (Wildman–Crippen LogP) is 18.2. The Morgan fingerprint density at radius 3 is 1.16 bits per heavy atom. The summed E-state index contributed by atoms with van der Waals surface area (Å²) in [5, 5.41) is 42.1. The van der Waals surface area contributed by atoms with Crippen molar-refractivity contribution in [2.75, 3.05) is 98.4 Å². The van der Waals surface area contributed by atoms with Crippen LogP contribution in [0.4, 0.5) is 11.4 Å². The van der Waals surface area contributed by atoms with E-state index in [4.69, 9.17) is 32.7 Å². The van der Waals surface area contributed by atoms with Crippen molar-refractivity contribution in [3.05, 3.63) is 243 Å². The largest absolute Gasteiger partial charge is 0.457 e. The Balaban J connectivity index is 0.000000156. The van der Waals surface area contributed by atoms with Crippen molar-refractivity contribution >= 4 is 103 Å². The van der Waals surface area contributed by atoms with E-state index in [2.05, 4.69) is 89.8 Å². The van der Waals surface area contributed by atoms with Gasteiger partial charge >= 0.3 is 0 Å². The second-order valence-corrected chi connectivity index (χ2v) is 34.1. The van der Waals surface area contributed by atoms with Crippen molar-refractivity contribution in [3.63, 3.8) is 0 Å². The third-order valence-electron chi connectivity index (χ3n) is 16.5. The summed E-state index contributed by atoms with van der Waals surface area (Å²) in [6, 6.07) is 49.9. The summed E-state index contributed by atoms with van der Waals surface area (Å²) in [5.41, 5.74) is 12.5. The van der Waals surface area contributed by atoms with Crippen LogP contribution < -0.4 is 9.47 Å². The highest BCUT2D eigenvalue weighted by molar-refractivity contribution is 8.00. The fourth-order valence-electron chi connectivity index (χ4n) is 11.7. The van der Waals surface area contributed by atoms with Gasteiger partial charge in [-0.25, -0.2) is 8.42 Å². The minimum atomic E-state index is -2.93. The molecule has 24 heteroatoms. The number of nitrogens with zero attached hydrogens (tertiary/aromatic N) is 8. The molecule has 0 aliphatic carbocycles. The zero-order valence-electron chi connectivity index (χ0n) is 57.0. The first-order valence-electron chi connectivity index (χ1n) is 32.9. The lowest BCUT2D eigenvalue weighted by Gasteiger charge is -2.27.